The van der Waals surface area contributed by atoms with Crippen molar-refractivity contribution in [3.05, 3.63) is 82.2 Å². The van der Waals surface area contributed by atoms with Crippen LogP contribution in [-0.2, 0) is 14.8 Å². The Hall–Kier alpha value is -2.91. The Bertz CT molecular complexity index is 1140. The third kappa shape index (κ3) is 5.17. The van der Waals surface area contributed by atoms with Crippen molar-refractivity contribution < 1.29 is 17.6 Å². The van der Waals surface area contributed by atoms with E-state index in [1.165, 1.54) is 18.3 Å². The van der Waals surface area contributed by atoms with E-state index in [1.807, 2.05) is 6.92 Å². The van der Waals surface area contributed by atoms with Crippen molar-refractivity contribution in [1.82, 2.24) is 5.43 Å². The van der Waals surface area contributed by atoms with E-state index in [0.29, 0.717) is 17.2 Å². The van der Waals surface area contributed by atoms with Crippen LogP contribution in [0.1, 0.15) is 17.1 Å². The molecule has 1 heterocycles. The largest absolute Gasteiger partial charge is 0.459 e. The Balaban J connectivity index is 1.82. The number of aryl methyl sites for hydroxylation is 2. The fourth-order valence-corrected chi connectivity index (χ4v) is 4.37. The number of sulfonamides is 1. The number of benzene rings is 2. The van der Waals surface area contributed by atoms with Gasteiger partial charge in [-0.15, -0.1) is 0 Å². The first-order valence-electron chi connectivity index (χ1n) is 8.99. The molecule has 0 saturated heterocycles. The molecule has 1 amide bonds. The van der Waals surface area contributed by atoms with Crippen molar-refractivity contribution in [2.45, 2.75) is 18.7 Å². The van der Waals surface area contributed by atoms with Gasteiger partial charge in [-0.05, 0) is 54.0 Å². The van der Waals surface area contributed by atoms with Crippen molar-refractivity contribution in [3.8, 4) is 0 Å². The highest BCUT2D eigenvalue weighted by Crippen LogP contribution is 2.24. The molecule has 9 heteroatoms. The van der Waals surface area contributed by atoms with Crippen molar-refractivity contribution in [2.75, 3.05) is 10.8 Å². The van der Waals surface area contributed by atoms with E-state index in [-0.39, 0.29) is 4.90 Å². The zero-order valence-electron chi connectivity index (χ0n) is 16.4. The van der Waals surface area contributed by atoms with E-state index in [1.54, 1.807) is 55.5 Å². The molecular formula is C21H20BrN3O4S. The second kappa shape index (κ2) is 9.27. The normalized spacial score (nSPS) is 11.6. The fraction of sp³-hybridized carbons (Fsp3) is 0.143. The molecule has 0 radical (unpaired) electrons. The Kier molecular flexibility index (Phi) is 6.73. The highest BCUT2D eigenvalue weighted by Gasteiger charge is 2.27. The predicted molar refractivity (Wildman–Crippen MR) is 119 cm³/mol. The molecule has 0 aliphatic rings. The molecule has 0 fully saturated rings. The molecular weight excluding hydrogens is 470 g/mol. The minimum absolute atomic E-state index is 0.0952. The van der Waals surface area contributed by atoms with Gasteiger partial charge in [0, 0.05) is 6.07 Å². The maximum Gasteiger partial charge on any atom is 0.264 e. The number of anilines is 1. The summed E-state index contributed by atoms with van der Waals surface area (Å²) in [5, 5.41) is 3.85. The van der Waals surface area contributed by atoms with Gasteiger partial charge in [-0.25, -0.2) is 13.8 Å². The minimum Gasteiger partial charge on any atom is -0.459 e. The smallest absolute Gasteiger partial charge is 0.264 e. The van der Waals surface area contributed by atoms with Gasteiger partial charge in [-0.3, -0.25) is 9.10 Å². The summed E-state index contributed by atoms with van der Waals surface area (Å²) >= 11 is 3.33. The number of hydrazone groups is 1. The van der Waals surface area contributed by atoms with Gasteiger partial charge < -0.3 is 4.42 Å². The third-order valence-corrected chi connectivity index (χ3v) is 6.77. The summed E-state index contributed by atoms with van der Waals surface area (Å²) in [5.41, 5.74) is 3.70. The van der Waals surface area contributed by atoms with E-state index >= 15 is 0 Å². The Labute approximate surface area is 183 Å². The maximum absolute atomic E-state index is 13.2. The van der Waals surface area contributed by atoms with E-state index in [9.17, 15) is 13.2 Å². The average molecular weight is 490 g/mol. The molecule has 0 atom stereocenters. The van der Waals surface area contributed by atoms with Gasteiger partial charge in [-0.2, -0.15) is 5.10 Å². The first kappa shape index (κ1) is 21.8. The van der Waals surface area contributed by atoms with Crippen molar-refractivity contribution >= 4 is 43.8 Å². The van der Waals surface area contributed by atoms with Crippen molar-refractivity contribution in [2.24, 2.45) is 5.10 Å². The lowest BCUT2D eigenvalue weighted by atomic mass is 10.2. The first-order chi connectivity index (χ1) is 14.3. The number of carbonyl (C=O) groups excluding carboxylic acids is 1. The summed E-state index contributed by atoms with van der Waals surface area (Å²) < 4.78 is 33.6. The standard InChI is InChI=1S/C21H20BrN3O4S/c1-15-8-10-17(11-9-15)25(30(27,28)19-6-4-3-5-7-19)14-21(26)24-23-13-18-12-20(22)16(2)29-18/h3-13H,14H2,1-2H3,(H,24,26)/b23-13-. The number of hydrogen-bond acceptors (Lipinski definition) is 5. The van der Waals surface area contributed by atoms with Crippen LogP contribution >= 0.6 is 15.9 Å². The van der Waals surface area contributed by atoms with Crippen LogP contribution in [0.15, 0.2) is 79.6 Å². The Morgan fingerprint density at radius 3 is 2.40 bits per heavy atom. The van der Waals surface area contributed by atoms with Gasteiger partial charge in [0.25, 0.3) is 15.9 Å². The molecule has 156 valence electrons. The molecule has 0 aliphatic heterocycles. The van der Waals surface area contributed by atoms with Gasteiger partial charge in [-0.1, -0.05) is 35.9 Å². The number of nitrogens with zero attached hydrogens (tertiary/aromatic N) is 2. The lowest BCUT2D eigenvalue weighted by Crippen LogP contribution is -2.39. The SMILES string of the molecule is Cc1ccc(N(CC(=O)N/N=C\c2cc(Br)c(C)o2)S(=O)(=O)c2ccccc2)cc1. The van der Waals surface area contributed by atoms with Crippen LogP contribution in [0.25, 0.3) is 0 Å². The van der Waals surface area contributed by atoms with Gasteiger partial charge in [0.15, 0.2) is 0 Å². The van der Waals surface area contributed by atoms with Crippen LogP contribution in [0.4, 0.5) is 5.69 Å². The average Bonchev–Trinajstić information content (AvgIpc) is 3.05. The summed E-state index contributed by atoms with van der Waals surface area (Å²) in [4.78, 5) is 12.6. The van der Waals surface area contributed by atoms with E-state index < -0.39 is 22.5 Å². The number of rotatable bonds is 7. The Morgan fingerprint density at radius 1 is 1.13 bits per heavy atom. The predicted octanol–water partition coefficient (Wildman–Crippen LogP) is 4.00. The molecule has 1 aromatic heterocycles. The van der Waals surface area contributed by atoms with Crippen LogP contribution in [0.2, 0.25) is 0 Å². The molecule has 30 heavy (non-hydrogen) atoms. The Morgan fingerprint density at radius 2 is 1.80 bits per heavy atom. The monoisotopic (exact) mass is 489 g/mol. The number of nitrogens with one attached hydrogen (secondary N) is 1. The number of halogens is 1. The lowest BCUT2D eigenvalue weighted by molar-refractivity contribution is -0.119. The first-order valence-corrected chi connectivity index (χ1v) is 11.2. The van der Waals surface area contributed by atoms with Gasteiger partial charge in [0.2, 0.25) is 0 Å². The van der Waals surface area contributed by atoms with E-state index in [4.69, 9.17) is 4.42 Å². The molecule has 3 rings (SSSR count). The van der Waals surface area contributed by atoms with Gasteiger partial charge in [0.05, 0.1) is 21.3 Å². The zero-order chi connectivity index (χ0) is 21.7. The number of furan rings is 1. The van der Waals surface area contributed by atoms with Gasteiger partial charge >= 0.3 is 0 Å². The van der Waals surface area contributed by atoms with Crippen LogP contribution in [0.5, 0.6) is 0 Å². The summed E-state index contributed by atoms with van der Waals surface area (Å²) in [6.07, 6.45) is 1.34. The quantitative estimate of drug-likeness (QED) is 0.400. The topological polar surface area (TPSA) is 92.0 Å². The van der Waals surface area contributed by atoms with Crippen molar-refractivity contribution in [3.63, 3.8) is 0 Å². The lowest BCUT2D eigenvalue weighted by Gasteiger charge is -2.23. The molecule has 1 N–H and O–H groups in total. The van der Waals surface area contributed by atoms with Crippen LogP contribution in [0.3, 0.4) is 0 Å². The van der Waals surface area contributed by atoms with Crippen LogP contribution in [0, 0.1) is 13.8 Å². The highest BCUT2D eigenvalue weighted by atomic mass is 79.9. The molecule has 0 bridgehead atoms. The summed E-state index contributed by atoms with van der Waals surface area (Å²) in [6.45, 7) is 3.25. The molecule has 2 aromatic carbocycles. The second-order valence-electron chi connectivity index (χ2n) is 6.51. The third-order valence-electron chi connectivity index (χ3n) is 4.20. The van der Waals surface area contributed by atoms with Crippen LogP contribution in [-0.4, -0.2) is 27.1 Å². The summed E-state index contributed by atoms with van der Waals surface area (Å²) in [6, 6.07) is 16.6. The molecule has 0 aliphatic carbocycles. The van der Waals surface area contributed by atoms with E-state index in [0.717, 1.165) is 14.3 Å². The molecule has 7 nitrogen and oxygen atoms in total. The molecule has 0 saturated carbocycles. The summed E-state index contributed by atoms with van der Waals surface area (Å²) in [5.74, 6) is 0.544. The summed E-state index contributed by atoms with van der Waals surface area (Å²) in [7, 11) is -3.95. The fourth-order valence-electron chi connectivity index (χ4n) is 2.62. The number of hydrogen-bond donors (Lipinski definition) is 1. The van der Waals surface area contributed by atoms with Gasteiger partial charge in [0.1, 0.15) is 18.1 Å². The zero-order valence-corrected chi connectivity index (χ0v) is 18.8. The number of amides is 1. The molecule has 0 unspecified atom stereocenters. The van der Waals surface area contributed by atoms with Crippen LogP contribution < -0.4 is 9.73 Å². The molecule has 3 aromatic rings. The van der Waals surface area contributed by atoms with Crippen molar-refractivity contribution in [1.29, 1.82) is 0 Å². The highest BCUT2D eigenvalue weighted by molar-refractivity contribution is 9.10. The van der Waals surface area contributed by atoms with E-state index in [2.05, 4.69) is 26.5 Å². The number of carbonyl (C=O) groups is 1. The molecule has 0 spiro atoms. The second-order valence-corrected chi connectivity index (χ2v) is 9.22. The maximum atomic E-state index is 13.2. The minimum atomic E-state index is -3.95.